The Kier molecular flexibility index (Phi) is 6.40. The number of pyridine rings is 1. The van der Waals surface area contributed by atoms with Crippen LogP contribution in [0.3, 0.4) is 0 Å². The average molecular weight is 402 g/mol. The summed E-state index contributed by atoms with van der Waals surface area (Å²) in [6, 6.07) is 23.8. The van der Waals surface area contributed by atoms with Gasteiger partial charge in [-0.3, -0.25) is 14.7 Å². The van der Waals surface area contributed by atoms with Crippen molar-refractivity contribution in [2.24, 2.45) is 5.92 Å². The van der Waals surface area contributed by atoms with Gasteiger partial charge in [0.05, 0.1) is 17.7 Å². The molecule has 0 aliphatic carbocycles. The normalized spacial score (nSPS) is 17.9. The third-order valence-electron chi connectivity index (χ3n) is 5.59. The number of piperidine rings is 1. The van der Waals surface area contributed by atoms with Gasteiger partial charge in [0.2, 0.25) is 0 Å². The van der Waals surface area contributed by atoms with Gasteiger partial charge in [-0.15, -0.1) is 0 Å². The Morgan fingerprint density at radius 3 is 2.60 bits per heavy atom. The van der Waals surface area contributed by atoms with Crippen molar-refractivity contribution in [1.82, 2.24) is 9.88 Å². The Morgan fingerprint density at radius 2 is 1.83 bits per heavy atom. The Hall–Kier alpha value is -3.18. The van der Waals surface area contributed by atoms with E-state index in [1.165, 1.54) is 0 Å². The molecule has 1 N–H and O–H groups in total. The number of nitrogens with zero attached hydrogens (tertiary/aromatic N) is 2. The van der Waals surface area contributed by atoms with E-state index in [9.17, 15) is 9.90 Å². The van der Waals surface area contributed by atoms with Crippen LogP contribution >= 0.6 is 0 Å². The van der Waals surface area contributed by atoms with Gasteiger partial charge in [0, 0.05) is 18.3 Å². The van der Waals surface area contributed by atoms with E-state index in [4.69, 9.17) is 4.74 Å². The van der Waals surface area contributed by atoms with Crippen molar-refractivity contribution < 1.29 is 14.6 Å². The lowest BCUT2D eigenvalue weighted by Crippen LogP contribution is -2.41. The Bertz CT molecular complexity index is 962. The van der Waals surface area contributed by atoms with E-state index >= 15 is 0 Å². The number of hydrogen-bond donors (Lipinski definition) is 1. The van der Waals surface area contributed by atoms with Crippen LogP contribution in [0.1, 0.15) is 35.7 Å². The van der Waals surface area contributed by atoms with Crippen LogP contribution < -0.4 is 4.74 Å². The van der Waals surface area contributed by atoms with E-state index in [0.717, 1.165) is 35.5 Å². The molecule has 1 saturated heterocycles. The minimum absolute atomic E-state index is 0.152. The average Bonchev–Trinajstić information content (AvgIpc) is 2.80. The van der Waals surface area contributed by atoms with E-state index in [-0.39, 0.29) is 12.0 Å². The fourth-order valence-corrected chi connectivity index (χ4v) is 4.10. The van der Waals surface area contributed by atoms with Gasteiger partial charge in [-0.2, -0.15) is 0 Å². The highest BCUT2D eigenvalue weighted by Gasteiger charge is 2.33. The van der Waals surface area contributed by atoms with Gasteiger partial charge in [0.25, 0.3) is 0 Å². The number of aromatic nitrogens is 1. The van der Waals surface area contributed by atoms with Gasteiger partial charge in [0.15, 0.2) is 0 Å². The minimum Gasteiger partial charge on any atom is -0.489 e. The first-order valence-electron chi connectivity index (χ1n) is 10.4. The van der Waals surface area contributed by atoms with Gasteiger partial charge in [-0.05, 0) is 43.1 Å². The Labute approximate surface area is 177 Å². The van der Waals surface area contributed by atoms with E-state index in [2.05, 4.69) is 16.0 Å². The second-order valence-corrected chi connectivity index (χ2v) is 7.64. The number of hydrogen-bond acceptors (Lipinski definition) is 4. The van der Waals surface area contributed by atoms with Crippen molar-refractivity contribution in [2.45, 2.75) is 25.5 Å². The van der Waals surface area contributed by atoms with Crippen LogP contribution in [0, 0.1) is 5.92 Å². The third kappa shape index (κ3) is 4.69. The summed E-state index contributed by atoms with van der Waals surface area (Å²) in [6.07, 6.45) is 3.36. The first-order valence-corrected chi connectivity index (χ1v) is 10.4. The second-order valence-electron chi connectivity index (χ2n) is 7.64. The topological polar surface area (TPSA) is 62.7 Å². The first kappa shape index (κ1) is 20.1. The van der Waals surface area contributed by atoms with Crippen molar-refractivity contribution in [1.29, 1.82) is 0 Å². The maximum atomic E-state index is 11.7. The Balaban J connectivity index is 1.67. The molecule has 1 fully saturated rings. The molecule has 30 heavy (non-hydrogen) atoms. The molecule has 0 saturated carbocycles. The summed E-state index contributed by atoms with van der Waals surface area (Å²) in [5, 5.41) is 9.58. The zero-order valence-corrected chi connectivity index (χ0v) is 16.9. The van der Waals surface area contributed by atoms with E-state index < -0.39 is 5.97 Å². The molecule has 5 heteroatoms. The summed E-state index contributed by atoms with van der Waals surface area (Å²) in [5.74, 6) is -0.287. The van der Waals surface area contributed by atoms with Crippen molar-refractivity contribution in [3.63, 3.8) is 0 Å². The summed E-state index contributed by atoms with van der Waals surface area (Å²) < 4.78 is 6.22. The highest BCUT2D eigenvalue weighted by molar-refractivity contribution is 5.70. The smallest absolute Gasteiger partial charge is 0.307 e. The predicted octanol–water partition coefficient (Wildman–Crippen LogP) is 4.55. The molecule has 0 spiro atoms. The van der Waals surface area contributed by atoms with E-state index in [1.54, 1.807) is 6.20 Å². The number of benzene rings is 2. The maximum absolute atomic E-state index is 11.7. The Morgan fingerprint density at radius 1 is 1.07 bits per heavy atom. The lowest BCUT2D eigenvalue weighted by molar-refractivity contribution is -0.143. The molecule has 2 unspecified atom stereocenters. The van der Waals surface area contributed by atoms with Crippen molar-refractivity contribution in [2.75, 3.05) is 13.1 Å². The fourth-order valence-electron chi connectivity index (χ4n) is 4.10. The number of ether oxygens (including phenoxy) is 1. The van der Waals surface area contributed by atoms with Crippen LogP contribution in [0.5, 0.6) is 5.75 Å². The number of para-hydroxylation sites is 1. The zero-order valence-electron chi connectivity index (χ0n) is 16.9. The lowest BCUT2D eigenvalue weighted by atomic mass is 9.93. The lowest BCUT2D eigenvalue weighted by Gasteiger charge is -2.37. The number of rotatable bonds is 7. The molecule has 4 rings (SSSR count). The standard InChI is InChI=1S/C25H26N2O3/c28-25(29)20-11-8-16-27(17-20)24(22-13-6-7-15-26-22)21-12-4-5-14-23(21)30-18-19-9-2-1-3-10-19/h1-7,9-10,12-15,20,24H,8,11,16-18H2,(H,28,29). The highest BCUT2D eigenvalue weighted by atomic mass is 16.5. The molecule has 154 valence electrons. The summed E-state index contributed by atoms with van der Waals surface area (Å²) in [7, 11) is 0. The quantitative estimate of drug-likeness (QED) is 0.628. The molecule has 1 aromatic heterocycles. The zero-order chi connectivity index (χ0) is 20.8. The number of aliphatic carboxylic acids is 1. The van der Waals surface area contributed by atoms with Gasteiger partial charge in [-0.25, -0.2) is 0 Å². The van der Waals surface area contributed by atoms with Crippen LogP contribution in [0.4, 0.5) is 0 Å². The number of carbonyl (C=O) groups is 1. The first-order chi connectivity index (χ1) is 14.7. The van der Waals surface area contributed by atoms with Gasteiger partial charge in [-0.1, -0.05) is 54.6 Å². The number of likely N-dealkylation sites (tertiary alicyclic amines) is 1. The molecule has 2 aromatic carbocycles. The maximum Gasteiger partial charge on any atom is 0.307 e. The third-order valence-corrected chi connectivity index (χ3v) is 5.59. The predicted molar refractivity (Wildman–Crippen MR) is 115 cm³/mol. The molecule has 3 aromatic rings. The molecule has 0 radical (unpaired) electrons. The number of carboxylic acid groups (broad SMARTS) is 1. The van der Waals surface area contributed by atoms with E-state index in [0.29, 0.717) is 19.6 Å². The molecule has 0 bridgehead atoms. The van der Waals surface area contributed by atoms with Crippen LogP contribution in [0.15, 0.2) is 79.0 Å². The SMILES string of the molecule is O=C(O)C1CCCN(C(c2ccccn2)c2ccccc2OCc2ccccc2)C1. The van der Waals surface area contributed by atoms with Crippen LogP contribution in [0.25, 0.3) is 0 Å². The van der Waals surface area contributed by atoms with Crippen molar-refractivity contribution >= 4 is 5.97 Å². The van der Waals surface area contributed by atoms with Crippen molar-refractivity contribution in [3.8, 4) is 5.75 Å². The van der Waals surface area contributed by atoms with Crippen molar-refractivity contribution in [3.05, 3.63) is 95.8 Å². The summed E-state index contributed by atoms with van der Waals surface area (Å²) in [4.78, 5) is 18.5. The second kappa shape index (κ2) is 9.55. The molecular weight excluding hydrogens is 376 g/mol. The molecule has 2 heterocycles. The summed E-state index contributed by atoms with van der Waals surface area (Å²) in [5.41, 5.74) is 3.02. The van der Waals surface area contributed by atoms with Gasteiger partial charge >= 0.3 is 5.97 Å². The molecule has 1 aliphatic heterocycles. The fraction of sp³-hybridized carbons (Fsp3) is 0.280. The van der Waals surface area contributed by atoms with Crippen LogP contribution in [-0.2, 0) is 11.4 Å². The monoisotopic (exact) mass is 402 g/mol. The van der Waals surface area contributed by atoms with Crippen LogP contribution in [0.2, 0.25) is 0 Å². The molecular formula is C25H26N2O3. The van der Waals surface area contributed by atoms with Gasteiger partial charge in [0.1, 0.15) is 12.4 Å². The summed E-state index contributed by atoms with van der Waals surface area (Å²) in [6.45, 7) is 1.81. The molecule has 5 nitrogen and oxygen atoms in total. The largest absolute Gasteiger partial charge is 0.489 e. The summed E-state index contributed by atoms with van der Waals surface area (Å²) >= 11 is 0. The molecule has 2 atom stereocenters. The molecule has 0 amide bonds. The minimum atomic E-state index is -0.729. The molecule has 1 aliphatic rings. The number of carboxylic acids is 1. The highest BCUT2D eigenvalue weighted by Crippen LogP contribution is 2.36. The van der Waals surface area contributed by atoms with Gasteiger partial charge < -0.3 is 9.84 Å². The van der Waals surface area contributed by atoms with E-state index in [1.807, 2.05) is 66.7 Å². The van der Waals surface area contributed by atoms with Crippen LogP contribution in [-0.4, -0.2) is 34.0 Å².